The fourth-order valence-electron chi connectivity index (χ4n) is 4.34. The molecule has 0 atom stereocenters. The molecular formula is C25H31FN2O4S. The lowest BCUT2D eigenvalue weighted by atomic mass is 9.83. The molecule has 2 aromatic rings. The summed E-state index contributed by atoms with van der Waals surface area (Å²) in [5.74, 6) is 0.134. The second kappa shape index (κ2) is 9.05. The van der Waals surface area contributed by atoms with Crippen LogP contribution < -0.4 is 10.3 Å². The van der Waals surface area contributed by atoms with Crippen LogP contribution >= 0.6 is 11.8 Å². The number of carbonyl (C=O) groups is 1. The van der Waals surface area contributed by atoms with Crippen molar-refractivity contribution >= 4 is 17.9 Å². The number of pyridine rings is 1. The van der Waals surface area contributed by atoms with Crippen molar-refractivity contribution in [1.82, 2.24) is 9.47 Å². The maximum Gasteiger partial charge on any atom is 0.409 e. The lowest BCUT2D eigenvalue weighted by molar-refractivity contribution is -0.0175. The first kappa shape index (κ1) is 23.7. The van der Waals surface area contributed by atoms with Gasteiger partial charge in [0.1, 0.15) is 17.2 Å². The highest BCUT2D eigenvalue weighted by atomic mass is 32.2. The third-order valence-corrected chi connectivity index (χ3v) is 7.01. The Kier molecular flexibility index (Phi) is 6.49. The summed E-state index contributed by atoms with van der Waals surface area (Å²) in [4.78, 5) is 28.1. The maximum atomic E-state index is 14.6. The van der Waals surface area contributed by atoms with Crippen molar-refractivity contribution in [2.75, 3.05) is 26.0 Å². The van der Waals surface area contributed by atoms with E-state index in [0.29, 0.717) is 56.7 Å². The van der Waals surface area contributed by atoms with Crippen molar-refractivity contribution in [2.24, 2.45) is 5.41 Å². The van der Waals surface area contributed by atoms with Gasteiger partial charge >= 0.3 is 6.09 Å². The van der Waals surface area contributed by atoms with E-state index in [2.05, 4.69) is 0 Å². The Morgan fingerprint density at radius 1 is 1.21 bits per heavy atom. The summed E-state index contributed by atoms with van der Waals surface area (Å²) in [6, 6.07) is 6.64. The number of hydrogen-bond acceptors (Lipinski definition) is 5. The van der Waals surface area contributed by atoms with Gasteiger partial charge in [-0.25, -0.2) is 9.18 Å². The molecule has 3 heterocycles. The minimum absolute atomic E-state index is 0.0737. The van der Waals surface area contributed by atoms with Crippen LogP contribution in [0.4, 0.5) is 9.18 Å². The topological polar surface area (TPSA) is 60.8 Å². The first-order valence-electron chi connectivity index (χ1n) is 11.3. The molecule has 0 saturated carbocycles. The first-order chi connectivity index (χ1) is 15.6. The van der Waals surface area contributed by atoms with Gasteiger partial charge in [0.15, 0.2) is 0 Å². The Hall–Kier alpha value is -2.48. The Morgan fingerprint density at radius 3 is 2.58 bits per heavy atom. The zero-order valence-corrected chi connectivity index (χ0v) is 20.5. The summed E-state index contributed by atoms with van der Waals surface area (Å²) >= 11 is 1.45. The summed E-state index contributed by atoms with van der Waals surface area (Å²) in [6.45, 7) is 7.58. The number of benzene rings is 1. The minimum Gasteiger partial charge on any atom is -0.487 e. The molecule has 8 heteroatoms. The second-order valence-corrected chi connectivity index (χ2v) is 10.9. The summed E-state index contributed by atoms with van der Waals surface area (Å²) in [6.07, 6.45) is 5.80. The molecule has 2 aliphatic heterocycles. The van der Waals surface area contributed by atoms with E-state index in [1.165, 1.54) is 22.4 Å². The molecule has 1 aromatic carbocycles. The first-order valence-corrected chi connectivity index (χ1v) is 12.5. The van der Waals surface area contributed by atoms with Crippen LogP contribution in [0.25, 0.3) is 5.69 Å². The molecule has 1 fully saturated rings. The fraction of sp³-hybridized carbons (Fsp3) is 0.520. The molecule has 0 unspecified atom stereocenters. The minimum atomic E-state index is -0.428. The molecular weight excluding hydrogens is 443 g/mol. The van der Waals surface area contributed by atoms with E-state index in [1.54, 1.807) is 29.3 Å². The zero-order valence-electron chi connectivity index (χ0n) is 19.7. The van der Waals surface area contributed by atoms with E-state index in [-0.39, 0.29) is 22.8 Å². The third-order valence-electron chi connectivity index (χ3n) is 6.28. The van der Waals surface area contributed by atoms with Gasteiger partial charge in [0.05, 0.1) is 17.9 Å². The van der Waals surface area contributed by atoms with E-state index in [1.807, 2.05) is 27.0 Å². The van der Waals surface area contributed by atoms with E-state index in [4.69, 9.17) is 9.47 Å². The predicted molar refractivity (Wildman–Crippen MR) is 127 cm³/mol. The van der Waals surface area contributed by atoms with Crippen LogP contribution in [0.1, 0.15) is 45.6 Å². The van der Waals surface area contributed by atoms with Gasteiger partial charge in [-0.2, -0.15) is 0 Å². The van der Waals surface area contributed by atoms with Crippen LogP contribution in [0.5, 0.6) is 5.75 Å². The van der Waals surface area contributed by atoms with Gasteiger partial charge in [0, 0.05) is 37.0 Å². The average molecular weight is 475 g/mol. The maximum absolute atomic E-state index is 14.6. The SMILES string of the molecule is CSc1ccc(-n2ccc3c(c2=O)CCC2(CCN(C(=O)OCC(C)(C)C)CC2)O3)c(F)c1. The smallest absolute Gasteiger partial charge is 0.409 e. The van der Waals surface area contributed by atoms with Crippen LogP contribution in [-0.4, -0.2) is 47.1 Å². The highest BCUT2D eigenvalue weighted by Crippen LogP contribution is 2.38. The number of hydrogen-bond donors (Lipinski definition) is 0. The molecule has 0 N–H and O–H groups in total. The molecule has 0 bridgehead atoms. The van der Waals surface area contributed by atoms with Gasteiger partial charge in [-0.3, -0.25) is 9.36 Å². The molecule has 6 nitrogen and oxygen atoms in total. The highest BCUT2D eigenvalue weighted by Gasteiger charge is 2.41. The lowest BCUT2D eigenvalue weighted by Crippen LogP contribution is -2.52. The van der Waals surface area contributed by atoms with Crippen molar-refractivity contribution in [3.8, 4) is 11.4 Å². The Bertz CT molecular complexity index is 1100. The van der Waals surface area contributed by atoms with Crippen molar-refractivity contribution < 1.29 is 18.7 Å². The molecule has 0 aliphatic carbocycles. The predicted octanol–water partition coefficient (Wildman–Crippen LogP) is 5.04. The number of aromatic nitrogens is 1. The molecule has 1 spiro atoms. The Morgan fingerprint density at radius 2 is 1.94 bits per heavy atom. The van der Waals surface area contributed by atoms with Gasteiger partial charge < -0.3 is 14.4 Å². The monoisotopic (exact) mass is 474 g/mol. The van der Waals surface area contributed by atoms with Gasteiger partial charge in [-0.1, -0.05) is 20.8 Å². The molecule has 178 valence electrons. The molecule has 4 rings (SSSR count). The fourth-order valence-corrected chi connectivity index (χ4v) is 4.77. The average Bonchev–Trinajstić information content (AvgIpc) is 2.78. The van der Waals surface area contributed by atoms with Crippen molar-refractivity contribution in [3.63, 3.8) is 0 Å². The van der Waals surface area contributed by atoms with E-state index < -0.39 is 11.4 Å². The quantitative estimate of drug-likeness (QED) is 0.583. The van der Waals surface area contributed by atoms with Crippen molar-refractivity contribution in [1.29, 1.82) is 0 Å². The number of halogens is 1. The number of rotatable bonds is 3. The molecule has 0 radical (unpaired) electrons. The van der Waals surface area contributed by atoms with Gasteiger partial charge in [-0.05, 0) is 48.8 Å². The molecule has 1 aromatic heterocycles. The summed E-state index contributed by atoms with van der Waals surface area (Å²) in [5.41, 5.74) is 0.0979. The van der Waals surface area contributed by atoms with Crippen LogP contribution in [0.2, 0.25) is 0 Å². The van der Waals surface area contributed by atoms with Gasteiger partial charge in [0.2, 0.25) is 0 Å². The van der Waals surface area contributed by atoms with E-state index in [0.717, 1.165) is 4.90 Å². The third kappa shape index (κ3) is 5.05. The second-order valence-electron chi connectivity index (χ2n) is 10.0. The zero-order chi connectivity index (χ0) is 23.8. The number of fused-ring (bicyclic) bond motifs is 1. The number of carbonyl (C=O) groups excluding carboxylic acids is 1. The Labute approximate surface area is 198 Å². The number of ether oxygens (including phenoxy) is 2. The molecule has 33 heavy (non-hydrogen) atoms. The number of piperidine rings is 1. The number of amides is 1. The number of thioether (sulfide) groups is 1. The number of likely N-dealkylation sites (tertiary alicyclic amines) is 1. The number of nitrogens with zero attached hydrogens (tertiary/aromatic N) is 2. The largest absolute Gasteiger partial charge is 0.487 e. The Balaban J connectivity index is 1.46. The highest BCUT2D eigenvalue weighted by molar-refractivity contribution is 7.98. The molecule has 2 aliphatic rings. The summed E-state index contributed by atoms with van der Waals surface area (Å²) < 4.78 is 27.7. The lowest BCUT2D eigenvalue weighted by Gasteiger charge is -2.44. The van der Waals surface area contributed by atoms with Crippen LogP contribution in [0, 0.1) is 11.2 Å². The normalized spacial score (nSPS) is 17.4. The van der Waals surface area contributed by atoms with Crippen LogP contribution in [-0.2, 0) is 11.2 Å². The van der Waals surface area contributed by atoms with E-state index in [9.17, 15) is 14.0 Å². The van der Waals surface area contributed by atoms with Crippen molar-refractivity contribution in [3.05, 3.63) is 52.2 Å². The van der Waals surface area contributed by atoms with Crippen molar-refractivity contribution in [2.45, 2.75) is 57.0 Å². The molecule has 1 saturated heterocycles. The van der Waals surface area contributed by atoms with E-state index >= 15 is 0 Å². The van der Waals surface area contributed by atoms with Gasteiger partial charge in [-0.15, -0.1) is 11.8 Å². The van der Waals surface area contributed by atoms with Gasteiger partial charge in [0.25, 0.3) is 5.56 Å². The molecule has 1 amide bonds. The summed E-state index contributed by atoms with van der Waals surface area (Å²) in [7, 11) is 0. The standard InChI is InChI=1S/C25H31FN2O4S/c1-24(2,3)16-31-23(30)27-13-10-25(11-14-27)9-7-18-21(32-25)8-12-28(22(18)29)20-6-5-17(33-4)15-19(20)26/h5-6,8,12,15H,7,9-11,13-14,16H2,1-4H3. The summed E-state index contributed by atoms with van der Waals surface area (Å²) in [5, 5.41) is 0. The van der Waals surface area contributed by atoms with Crippen LogP contribution in [0.15, 0.2) is 40.2 Å². The van der Waals surface area contributed by atoms with Crippen LogP contribution in [0.3, 0.4) is 0 Å².